The second-order valence-corrected chi connectivity index (χ2v) is 6.57. The van der Waals surface area contributed by atoms with Crippen LogP contribution in [0.3, 0.4) is 0 Å². The van der Waals surface area contributed by atoms with Crippen LogP contribution in [0.15, 0.2) is 64.4 Å². The fourth-order valence-electron chi connectivity index (χ4n) is 3.00. The maximum Gasteiger partial charge on any atom is 0.204 e. The summed E-state index contributed by atoms with van der Waals surface area (Å²) in [5.74, 6) is 0. The van der Waals surface area contributed by atoms with Gasteiger partial charge in [0.2, 0.25) is 6.40 Å². The standard InChI is InChI=1S/C24H26N4O2/c1-4-11-27-16-19(3)24(29-13-12-28-30-17-26)20-9-10-21(15-25)23(14-20)22-8-6-5-7-18(22)2/h5-12,14,16-17,24,26H,4,13H2,1-3H3/b19-16+,26-17?,27-11?,28-12+. The fourth-order valence-corrected chi connectivity index (χ4v) is 3.00. The molecule has 0 saturated carbocycles. The van der Waals surface area contributed by atoms with Crippen molar-refractivity contribution in [3.63, 3.8) is 0 Å². The summed E-state index contributed by atoms with van der Waals surface area (Å²) >= 11 is 0. The number of aliphatic imine (C=N–C) groups is 1. The summed E-state index contributed by atoms with van der Waals surface area (Å²) < 4.78 is 6.03. The van der Waals surface area contributed by atoms with Crippen molar-refractivity contribution >= 4 is 18.8 Å². The number of benzene rings is 2. The summed E-state index contributed by atoms with van der Waals surface area (Å²) in [7, 11) is 0. The molecule has 0 saturated heterocycles. The molecule has 0 fully saturated rings. The topological polar surface area (TPSA) is 90.8 Å². The number of nitrogens with one attached hydrogen (secondary N) is 1. The molecular formula is C24H26N4O2. The molecule has 6 heteroatoms. The zero-order valence-corrected chi connectivity index (χ0v) is 17.5. The normalized spacial score (nSPS) is 12.8. The van der Waals surface area contributed by atoms with E-state index < -0.39 is 0 Å². The third kappa shape index (κ3) is 6.23. The third-order valence-electron chi connectivity index (χ3n) is 4.41. The molecule has 0 aliphatic rings. The molecule has 0 bridgehead atoms. The number of hydrogen-bond acceptors (Lipinski definition) is 6. The molecule has 0 radical (unpaired) electrons. The van der Waals surface area contributed by atoms with Gasteiger partial charge in [0.1, 0.15) is 6.10 Å². The van der Waals surface area contributed by atoms with Gasteiger partial charge in [0.25, 0.3) is 0 Å². The highest BCUT2D eigenvalue weighted by molar-refractivity contribution is 5.74. The van der Waals surface area contributed by atoms with E-state index in [1.54, 1.807) is 6.20 Å². The van der Waals surface area contributed by atoms with E-state index in [0.29, 0.717) is 5.56 Å². The van der Waals surface area contributed by atoms with Gasteiger partial charge in [0, 0.05) is 18.0 Å². The molecule has 2 aromatic carbocycles. The Morgan fingerprint density at radius 2 is 2.00 bits per heavy atom. The van der Waals surface area contributed by atoms with Gasteiger partial charge in [-0.1, -0.05) is 42.4 Å². The minimum Gasteiger partial charge on any atom is -0.363 e. The minimum absolute atomic E-state index is 0.195. The van der Waals surface area contributed by atoms with Crippen LogP contribution in [0.5, 0.6) is 0 Å². The van der Waals surface area contributed by atoms with Crippen molar-refractivity contribution in [2.75, 3.05) is 6.61 Å². The number of aryl methyl sites for hydroxylation is 1. The Morgan fingerprint density at radius 3 is 2.70 bits per heavy atom. The number of nitriles is 1. The zero-order chi connectivity index (χ0) is 21.8. The summed E-state index contributed by atoms with van der Waals surface area (Å²) in [6, 6.07) is 16.0. The zero-order valence-electron chi connectivity index (χ0n) is 17.5. The Labute approximate surface area is 177 Å². The number of ether oxygens (including phenoxy) is 1. The van der Waals surface area contributed by atoms with E-state index in [1.807, 2.05) is 69.5 Å². The molecular weight excluding hydrogens is 376 g/mol. The predicted molar refractivity (Wildman–Crippen MR) is 121 cm³/mol. The molecule has 1 atom stereocenters. The van der Waals surface area contributed by atoms with Crippen LogP contribution >= 0.6 is 0 Å². The maximum absolute atomic E-state index is 9.62. The minimum atomic E-state index is -0.374. The Morgan fingerprint density at radius 1 is 1.20 bits per heavy atom. The Balaban J connectivity index is 2.46. The predicted octanol–water partition coefficient (Wildman–Crippen LogP) is 5.59. The Kier molecular flexibility index (Phi) is 9.17. The van der Waals surface area contributed by atoms with E-state index in [9.17, 15) is 5.26 Å². The lowest BCUT2D eigenvalue weighted by Gasteiger charge is -2.20. The molecule has 1 N–H and O–H groups in total. The molecule has 0 aliphatic heterocycles. The first-order valence-corrected chi connectivity index (χ1v) is 9.68. The van der Waals surface area contributed by atoms with Gasteiger partial charge in [-0.05, 0) is 54.7 Å². The van der Waals surface area contributed by atoms with Gasteiger partial charge in [-0.25, -0.2) is 0 Å². The van der Waals surface area contributed by atoms with E-state index in [1.165, 1.54) is 6.21 Å². The van der Waals surface area contributed by atoms with Crippen LogP contribution in [0.25, 0.3) is 11.1 Å². The number of nitrogens with zero attached hydrogens (tertiary/aromatic N) is 3. The smallest absolute Gasteiger partial charge is 0.204 e. The van der Waals surface area contributed by atoms with Crippen LogP contribution in [0, 0.1) is 23.7 Å². The van der Waals surface area contributed by atoms with Crippen molar-refractivity contribution in [2.45, 2.75) is 33.3 Å². The SMILES string of the molecule is CCC=N/C=C(\C)C(OC/C=N/OC=N)c1ccc(C#N)c(-c2ccccc2C)c1. The first kappa shape index (κ1) is 22.7. The highest BCUT2D eigenvalue weighted by Crippen LogP contribution is 2.33. The summed E-state index contributed by atoms with van der Waals surface area (Å²) in [6.45, 7) is 6.20. The van der Waals surface area contributed by atoms with Gasteiger partial charge in [-0.15, -0.1) is 0 Å². The van der Waals surface area contributed by atoms with Crippen molar-refractivity contribution in [1.29, 1.82) is 10.7 Å². The number of rotatable bonds is 10. The van der Waals surface area contributed by atoms with Crippen LogP contribution in [-0.2, 0) is 9.57 Å². The first-order chi connectivity index (χ1) is 14.6. The quantitative estimate of drug-likeness (QED) is 0.319. The van der Waals surface area contributed by atoms with E-state index in [2.05, 4.69) is 21.1 Å². The summed E-state index contributed by atoms with van der Waals surface area (Å²) in [4.78, 5) is 8.85. The van der Waals surface area contributed by atoms with Crippen LogP contribution in [0.2, 0.25) is 0 Å². The molecule has 154 valence electrons. The van der Waals surface area contributed by atoms with Crippen molar-refractivity contribution in [2.24, 2.45) is 10.1 Å². The van der Waals surface area contributed by atoms with Gasteiger partial charge in [-0.3, -0.25) is 10.4 Å². The van der Waals surface area contributed by atoms with Crippen LogP contribution in [0.4, 0.5) is 0 Å². The van der Waals surface area contributed by atoms with Crippen LogP contribution in [-0.4, -0.2) is 25.4 Å². The molecule has 6 nitrogen and oxygen atoms in total. The molecule has 30 heavy (non-hydrogen) atoms. The van der Waals surface area contributed by atoms with Crippen molar-refractivity contribution in [3.05, 3.63) is 70.9 Å². The van der Waals surface area contributed by atoms with Crippen LogP contribution < -0.4 is 0 Å². The lowest BCUT2D eigenvalue weighted by atomic mass is 9.92. The van der Waals surface area contributed by atoms with E-state index in [0.717, 1.165) is 40.6 Å². The highest BCUT2D eigenvalue weighted by atomic mass is 16.6. The van der Waals surface area contributed by atoms with E-state index in [-0.39, 0.29) is 12.7 Å². The first-order valence-electron chi connectivity index (χ1n) is 9.68. The van der Waals surface area contributed by atoms with Gasteiger partial charge in [-0.2, -0.15) is 5.26 Å². The van der Waals surface area contributed by atoms with Gasteiger partial charge >= 0.3 is 0 Å². The summed E-state index contributed by atoms with van der Waals surface area (Å²) in [6.07, 6.45) is 6.28. The maximum atomic E-state index is 9.62. The van der Waals surface area contributed by atoms with Crippen LogP contribution in [0.1, 0.15) is 43.1 Å². The average Bonchev–Trinajstić information content (AvgIpc) is 2.76. The fraction of sp³-hybridized carbons (Fsp3) is 0.250. The van der Waals surface area contributed by atoms with Crippen molar-refractivity contribution in [3.8, 4) is 17.2 Å². The Hall–Kier alpha value is -3.56. The second-order valence-electron chi connectivity index (χ2n) is 6.57. The largest absolute Gasteiger partial charge is 0.363 e. The van der Waals surface area contributed by atoms with Gasteiger partial charge < -0.3 is 9.57 Å². The molecule has 0 heterocycles. The molecule has 0 aliphatic carbocycles. The molecule has 0 amide bonds. The highest BCUT2D eigenvalue weighted by Gasteiger charge is 2.17. The average molecular weight is 402 g/mol. The monoisotopic (exact) mass is 402 g/mol. The second kappa shape index (κ2) is 12.1. The van der Waals surface area contributed by atoms with Gasteiger partial charge in [0.05, 0.1) is 24.5 Å². The van der Waals surface area contributed by atoms with Gasteiger partial charge in [0.15, 0.2) is 0 Å². The molecule has 0 spiro atoms. The van der Waals surface area contributed by atoms with E-state index in [4.69, 9.17) is 10.1 Å². The van der Waals surface area contributed by atoms with Crippen molar-refractivity contribution < 1.29 is 9.57 Å². The van der Waals surface area contributed by atoms with Crippen molar-refractivity contribution in [1.82, 2.24) is 0 Å². The molecule has 2 aromatic rings. The van der Waals surface area contributed by atoms with E-state index >= 15 is 0 Å². The number of hydrogen-bond donors (Lipinski definition) is 1. The lowest BCUT2D eigenvalue weighted by molar-refractivity contribution is 0.110. The number of oxime groups is 1. The molecule has 2 rings (SSSR count). The summed E-state index contributed by atoms with van der Waals surface area (Å²) in [5.41, 5.74) is 5.42. The molecule has 1 unspecified atom stereocenters. The Bertz CT molecular complexity index is 987. The molecule has 0 aromatic heterocycles. The summed E-state index contributed by atoms with van der Waals surface area (Å²) in [5, 5.41) is 20.1. The lowest BCUT2D eigenvalue weighted by Crippen LogP contribution is -2.09. The third-order valence-corrected chi connectivity index (χ3v) is 4.41.